The third-order valence-corrected chi connectivity index (χ3v) is 3.88. The Kier molecular flexibility index (Phi) is 3.71. The fourth-order valence-electron chi connectivity index (χ4n) is 2.68. The van der Waals surface area contributed by atoms with Crippen molar-refractivity contribution in [2.75, 3.05) is 6.54 Å². The molecular weight excluding hydrogens is 267 g/mol. The summed E-state index contributed by atoms with van der Waals surface area (Å²) in [6, 6.07) is 12.0. The summed E-state index contributed by atoms with van der Waals surface area (Å²) >= 11 is 0. The minimum atomic E-state index is -0.332. The molecule has 3 N–H and O–H groups in total. The molecule has 21 heavy (non-hydrogen) atoms. The molecule has 0 radical (unpaired) electrons. The van der Waals surface area contributed by atoms with Crippen molar-refractivity contribution in [2.45, 2.75) is 18.9 Å². The smallest absolute Gasteiger partial charge is 0.251 e. The van der Waals surface area contributed by atoms with Gasteiger partial charge in [-0.15, -0.1) is 0 Å². The number of carbonyl (C=O) groups excluding carboxylic acids is 1. The zero-order valence-electron chi connectivity index (χ0n) is 11.6. The highest BCUT2D eigenvalue weighted by molar-refractivity contribution is 5.96. The molecule has 2 aromatic rings. The number of carbonyl (C=O) groups is 1. The summed E-state index contributed by atoms with van der Waals surface area (Å²) in [4.78, 5) is 11.9. The molecular formula is C17H17FN2O. The molecule has 2 aromatic carbocycles. The van der Waals surface area contributed by atoms with Crippen molar-refractivity contribution in [3.63, 3.8) is 0 Å². The number of nitrogens with two attached hydrogens (primary N) is 1. The maximum absolute atomic E-state index is 13.7. The Morgan fingerprint density at radius 3 is 2.86 bits per heavy atom. The second kappa shape index (κ2) is 5.66. The van der Waals surface area contributed by atoms with Crippen LogP contribution in [0.1, 0.15) is 33.1 Å². The van der Waals surface area contributed by atoms with Crippen molar-refractivity contribution in [3.8, 4) is 0 Å². The Balaban J connectivity index is 1.85. The van der Waals surface area contributed by atoms with Crippen molar-refractivity contribution in [1.29, 1.82) is 0 Å². The van der Waals surface area contributed by atoms with E-state index in [1.807, 2.05) is 18.2 Å². The van der Waals surface area contributed by atoms with Crippen molar-refractivity contribution < 1.29 is 9.18 Å². The normalized spacial score (nSPS) is 15.2. The number of amides is 1. The Morgan fingerprint density at radius 1 is 1.24 bits per heavy atom. The summed E-state index contributed by atoms with van der Waals surface area (Å²) in [5.41, 5.74) is 9.35. The van der Waals surface area contributed by atoms with E-state index in [1.165, 1.54) is 6.07 Å². The lowest BCUT2D eigenvalue weighted by molar-refractivity contribution is 0.0946. The number of hydrogen-bond acceptors (Lipinski definition) is 2. The maximum atomic E-state index is 13.7. The van der Waals surface area contributed by atoms with Crippen LogP contribution < -0.4 is 11.1 Å². The number of hydrogen-bond donors (Lipinski definition) is 2. The van der Waals surface area contributed by atoms with Gasteiger partial charge in [-0.1, -0.05) is 30.3 Å². The van der Waals surface area contributed by atoms with Crippen LogP contribution in [-0.2, 0) is 12.8 Å². The van der Waals surface area contributed by atoms with Crippen LogP contribution in [0, 0.1) is 5.82 Å². The molecule has 1 amide bonds. The Bertz CT molecular complexity index is 684. The summed E-state index contributed by atoms with van der Waals surface area (Å²) in [5, 5.41) is 2.82. The van der Waals surface area contributed by atoms with Crippen LogP contribution in [-0.4, -0.2) is 12.5 Å². The van der Waals surface area contributed by atoms with Gasteiger partial charge in [-0.05, 0) is 41.7 Å². The lowest BCUT2D eigenvalue weighted by atomic mass is 9.93. The molecule has 0 aromatic heterocycles. The summed E-state index contributed by atoms with van der Waals surface area (Å²) < 4.78 is 13.7. The van der Waals surface area contributed by atoms with Crippen molar-refractivity contribution in [3.05, 3.63) is 70.5 Å². The molecule has 1 unspecified atom stereocenters. The first-order valence-electron chi connectivity index (χ1n) is 7.05. The van der Waals surface area contributed by atoms with Gasteiger partial charge < -0.3 is 11.1 Å². The van der Waals surface area contributed by atoms with Crippen molar-refractivity contribution in [2.24, 2.45) is 5.73 Å². The van der Waals surface area contributed by atoms with E-state index in [0.29, 0.717) is 24.1 Å². The first-order valence-corrected chi connectivity index (χ1v) is 7.05. The third-order valence-electron chi connectivity index (χ3n) is 3.88. The van der Waals surface area contributed by atoms with E-state index in [-0.39, 0.29) is 17.8 Å². The zero-order valence-corrected chi connectivity index (χ0v) is 11.6. The predicted octanol–water partition coefficient (Wildman–Crippen LogP) is 2.35. The molecule has 0 spiro atoms. The molecule has 4 heteroatoms. The monoisotopic (exact) mass is 284 g/mol. The summed E-state index contributed by atoms with van der Waals surface area (Å²) in [6.07, 6.45) is 1.25. The lowest BCUT2D eigenvalue weighted by Gasteiger charge is -2.19. The van der Waals surface area contributed by atoms with Crippen LogP contribution in [0.5, 0.6) is 0 Å². The van der Waals surface area contributed by atoms with Gasteiger partial charge >= 0.3 is 0 Å². The van der Waals surface area contributed by atoms with Crippen LogP contribution in [0.3, 0.4) is 0 Å². The van der Waals surface area contributed by atoms with Gasteiger partial charge in [0, 0.05) is 18.2 Å². The lowest BCUT2D eigenvalue weighted by Crippen LogP contribution is -2.32. The summed E-state index contributed by atoms with van der Waals surface area (Å²) in [7, 11) is 0. The highest BCUT2D eigenvalue weighted by Gasteiger charge is 2.18. The molecule has 1 aliphatic heterocycles. The Morgan fingerprint density at radius 2 is 2.05 bits per heavy atom. The molecule has 1 heterocycles. The number of nitrogens with one attached hydrogen (secondary N) is 1. The van der Waals surface area contributed by atoms with E-state index in [0.717, 1.165) is 17.5 Å². The van der Waals surface area contributed by atoms with Crippen molar-refractivity contribution in [1.82, 2.24) is 5.32 Å². The van der Waals surface area contributed by atoms with E-state index < -0.39 is 0 Å². The predicted molar refractivity (Wildman–Crippen MR) is 79.5 cm³/mol. The van der Waals surface area contributed by atoms with Gasteiger partial charge in [0.15, 0.2) is 0 Å². The molecule has 1 atom stereocenters. The maximum Gasteiger partial charge on any atom is 0.251 e. The van der Waals surface area contributed by atoms with E-state index in [1.54, 1.807) is 18.2 Å². The molecule has 0 bridgehead atoms. The topological polar surface area (TPSA) is 55.1 Å². The number of fused-ring (bicyclic) bond motifs is 1. The van der Waals surface area contributed by atoms with Crippen molar-refractivity contribution >= 4 is 5.91 Å². The fourth-order valence-corrected chi connectivity index (χ4v) is 2.68. The number of rotatable bonds is 3. The van der Waals surface area contributed by atoms with Gasteiger partial charge in [-0.25, -0.2) is 4.39 Å². The molecule has 3 nitrogen and oxygen atoms in total. The molecule has 108 valence electrons. The van der Waals surface area contributed by atoms with Gasteiger partial charge in [0.05, 0.1) is 0 Å². The third kappa shape index (κ3) is 2.81. The first kappa shape index (κ1) is 13.8. The minimum Gasteiger partial charge on any atom is -0.352 e. The van der Waals surface area contributed by atoms with Crippen LogP contribution >= 0.6 is 0 Å². The Labute approximate surface area is 123 Å². The highest BCUT2D eigenvalue weighted by atomic mass is 19.1. The number of benzene rings is 2. The zero-order chi connectivity index (χ0) is 14.8. The van der Waals surface area contributed by atoms with Crippen LogP contribution in [0.15, 0.2) is 42.5 Å². The Hall–Kier alpha value is -2.20. The molecule has 0 fully saturated rings. The fraction of sp³-hybridized carbons (Fsp3) is 0.235. The van der Waals surface area contributed by atoms with E-state index >= 15 is 0 Å². The van der Waals surface area contributed by atoms with E-state index in [9.17, 15) is 9.18 Å². The first-order chi connectivity index (χ1) is 10.1. The average Bonchev–Trinajstić information content (AvgIpc) is 2.50. The highest BCUT2D eigenvalue weighted by Crippen LogP contribution is 2.22. The summed E-state index contributed by atoms with van der Waals surface area (Å²) in [5.74, 6) is -0.306. The SMILES string of the molecule is NC(Cc1ccccc1F)c1ccc2c(c1)C(=O)NCC2. The molecule has 3 rings (SSSR count). The van der Waals surface area contributed by atoms with Gasteiger partial charge in [-0.3, -0.25) is 4.79 Å². The molecule has 1 aliphatic rings. The van der Waals surface area contributed by atoms with Gasteiger partial charge in [0.25, 0.3) is 5.91 Å². The van der Waals surface area contributed by atoms with E-state index in [4.69, 9.17) is 5.73 Å². The standard InChI is InChI=1S/C17H17FN2O/c18-15-4-2-1-3-12(15)10-16(19)13-6-5-11-7-8-20-17(21)14(11)9-13/h1-6,9,16H,7-8,10,19H2,(H,20,21). The number of halogens is 1. The van der Waals surface area contributed by atoms with E-state index in [2.05, 4.69) is 5.32 Å². The average molecular weight is 284 g/mol. The van der Waals surface area contributed by atoms with Gasteiger partial charge in [0.2, 0.25) is 0 Å². The quantitative estimate of drug-likeness (QED) is 0.909. The second-order valence-corrected chi connectivity index (χ2v) is 5.32. The van der Waals surface area contributed by atoms with Gasteiger partial charge in [0.1, 0.15) is 5.82 Å². The largest absolute Gasteiger partial charge is 0.352 e. The van der Waals surface area contributed by atoms with Crippen LogP contribution in [0.2, 0.25) is 0 Å². The molecule has 0 aliphatic carbocycles. The summed E-state index contributed by atoms with van der Waals surface area (Å²) in [6.45, 7) is 0.673. The molecule has 0 saturated carbocycles. The van der Waals surface area contributed by atoms with Crippen LogP contribution in [0.4, 0.5) is 4.39 Å². The van der Waals surface area contributed by atoms with Gasteiger partial charge in [-0.2, -0.15) is 0 Å². The molecule has 0 saturated heterocycles. The minimum absolute atomic E-state index is 0.0591. The second-order valence-electron chi connectivity index (χ2n) is 5.32. The van der Waals surface area contributed by atoms with Crippen LogP contribution in [0.25, 0.3) is 0 Å².